The molecule has 1 amide bonds. The second kappa shape index (κ2) is 6.23. The van der Waals surface area contributed by atoms with E-state index in [0.29, 0.717) is 18.1 Å². The third kappa shape index (κ3) is 4.02. The van der Waals surface area contributed by atoms with Crippen LogP contribution >= 0.6 is 11.6 Å². The van der Waals surface area contributed by atoms with Gasteiger partial charge in [0.25, 0.3) is 5.91 Å². The summed E-state index contributed by atoms with van der Waals surface area (Å²) < 4.78 is 1.63. The maximum absolute atomic E-state index is 12.0. The predicted octanol–water partition coefficient (Wildman–Crippen LogP) is 2.37. The molecule has 0 atom stereocenters. The molecule has 0 spiro atoms. The van der Waals surface area contributed by atoms with Crippen LogP contribution in [0.25, 0.3) is 0 Å². The number of hydrogen-bond acceptors (Lipinski definition) is 2. The van der Waals surface area contributed by atoms with Gasteiger partial charge in [0.1, 0.15) is 5.69 Å². The molecule has 0 aliphatic rings. The summed E-state index contributed by atoms with van der Waals surface area (Å²) in [4.78, 5) is 12.0. The lowest BCUT2D eigenvalue weighted by atomic mass is 9.90. The van der Waals surface area contributed by atoms with Crippen molar-refractivity contribution in [1.29, 1.82) is 0 Å². The molecule has 5 heteroatoms. The van der Waals surface area contributed by atoms with Crippen molar-refractivity contribution in [2.75, 3.05) is 12.4 Å². The smallest absolute Gasteiger partial charge is 0.269 e. The average Bonchev–Trinajstić information content (AvgIpc) is 2.68. The molecule has 1 heterocycles. The van der Waals surface area contributed by atoms with Crippen molar-refractivity contribution in [2.24, 2.45) is 12.5 Å². The van der Waals surface area contributed by atoms with E-state index >= 15 is 0 Å². The van der Waals surface area contributed by atoms with E-state index in [1.807, 2.05) is 13.0 Å². The molecule has 18 heavy (non-hydrogen) atoms. The second-order valence-electron chi connectivity index (χ2n) is 5.28. The molecule has 1 N–H and O–H groups in total. The van der Waals surface area contributed by atoms with E-state index in [1.165, 1.54) is 0 Å². The van der Waals surface area contributed by atoms with E-state index in [9.17, 15) is 4.79 Å². The van der Waals surface area contributed by atoms with Crippen LogP contribution in [0.3, 0.4) is 0 Å². The first-order valence-corrected chi connectivity index (χ1v) is 6.80. The Hall–Kier alpha value is -1.03. The Balaban J connectivity index is 2.62. The number of nitrogens with zero attached hydrogens (tertiary/aromatic N) is 2. The number of hydrogen-bond donors (Lipinski definition) is 1. The summed E-state index contributed by atoms with van der Waals surface area (Å²) in [5.74, 6) is 0.529. The van der Waals surface area contributed by atoms with Gasteiger partial charge in [-0.3, -0.25) is 9.48 Å². The average molecular weight is 272 g/mol. The van der Waals surface area contributed by atoms with Gasteiger partial charge in [-0.25, -0.2) is 0 Å². The summed E-state index contributed by atoms with van der Waals surface area (Å²) in [7, 11) is 1.79. The molecule has 0 unspecified atom stereocenters. The number of rotatable bonds is 6. The van der Waals surface area contributed by atoms with Gasteiger partial charge >= 0.3 is 0 Å². The van der Waals surface area contributed by atoms with E-state index in [2.05, 4.69) is 24.3 Å². The molecule has 0 bridgehead atoms. The summed E-state index contributed by atoms with van der Waals surface area (Å²) in [6.45, 7) is 6.82. The van der Waals surface area contributed by atoms with E-state index in [-0.39, 0.29) is 11.3 Å². The van der Waals surface area contributed by atoms with Crippen LogP contribution in [-0.2, 0) is 13.5 Å². The maximum Gasteiger partial charge on any atom is 0.269 e. The number of alkyl halides is 1. The molecule has 1 aromatic heterocycles. The van der Waals surface area contributed by atoms with Gasteiger partial charge in [-0.2, -0.15) is 5.10 Å². The van der Waals surface area contributed by atoms with E-state index < -0.39 is 0 Å². The van der Waals surface area contributed by atoms with Gasteiger partial charge in [-0.05, 0) is 24.3 Å². The lowest BCUT2D eigenvalue weighted by molar-refractivity contribution is 0.0926. The highest BCUT2D eigenvalue weighted by Gasteiger charge is 2.20. The highest BCUT2D eigenvalue weighted by atomic mass is 35.5. The molecule has 0 aliphatic carbocycles. The molecule has 0 saturated heterocycles. The number of halogens is 1. The van der Waals surface area contributed by atoms with E-state index in [4.69, 9.17) is 11.6 Å². The van der Waals surface area contributed by atoms with Gasteiger partial charge in [0.05, 0.1) is 5.69 Å². The molecule has 4 nitrogen and oxygen atoms in total. The van der Waals surface area contributed by atoms with Crippen LogP contribution in [0.2, 0.25) is 0 Å². The predicted molar refractivity (Wildman–Crippen MR) is 74.0 cm³/mol. The van der Waals surface area contributed by atoms with Crippen molar-refractivity contribution in [3.63, 3.8) is 0 Å². The van der Waals surface area contributed by atoms with Crippen molar-refractivity contribution < 1.29 is 4.79 Å². The Labute approximate surface area is 114 Å². The van der Waals surface area contributed by atoms with Crippen LogP contribution in [0.5, 0.6) is 0 Å². The van der Waals surface area contributed by atoms with Gasteiger partial charge in [-0.1, -0.05) is 20.8 Å². The van der Waals surface area contributed by atoms with E-state index in [1.54, 1.807) is 11.7 Å². The Morgan fingerprint density at radius 3 is 2.72 bits per heavy atom. The normalized spacial score (nSPS) is 11.6. The van der Waals surface area contributed by atoms with Crippen LogP contribution in [0.1, 0.15) is 43.4 Å². The fraction of sp³-hybridized carbons (Fsp3) is 0.692. The fourth-order valence-corrected chi connectivity index (χ4v) is 2.18. The SMILES string of the molecule is CCc1cc(C(=O)NCC(C)(C)CCCl)n(C)n1. The van der Waals surface area contributed by atoms with Crippen LogP contribution in [0.4, 0.5) is 0 Å². The monoisotopic (exact) mass is 271 g/mol. The van der Waals surface area contributed by atoms with Crippen LogP contribution in [0, 0.1) is 5.41 Å². The van der Waals surface area contributed by atoms with E-state index in [0.717, 1.165) is 18.5 Å². The topological polar surface area (TPSA) is 46.9 Å². The summed E-state index contributed by atoms with van der Waals surface area (Å²) >= 11 is 5.74. The molecule has 0 aromatic carbocycles. The fourth-order valence-electron chi connectivity index (χ4n) is 1.67. The maximum atomic E-state index is 12.0. The minimum Gasteiger partial charge on any atom is -0.350 e. The number of carbonyl (C=O) groups excluding carboxylic acids is 1. The quantitative estimate of drug-likeness (QED) is 0.808. The van der Waals surface area contributed by atoms with Crippen molar-refractivity contribution in [2.45, 2.75) is 33.6 Å². The molecule has 1 aromatic rings. The standard InChI is InChI=1S/C13H22ClN3O/c1-5-10-8-11(17(4)16-10)12(18)15-9-13(2,3)6-7-14/h8H,5-7,9H2,1-4H3,(H,15,18). The number of carbonyl (C=O) groups is 1. The third-order valence-electron chi connectivity index (χ3n) is 3.02. The molecular formula is C13H22ClN3O. The largest absolute Gasteiger partial charge is 0.350 e. The number of amides is 1. The molecule has 102 valence electrons. The Morgan fingerprint density at radius 2 is 2.22 bits per heavy atom. The summed E-state index contributed by atoms with van der Waals surface area (Å²) in [6, 6.07) is 1.84. The number of nitrogens with one attached hydrogen (secondary N) is 1. The zero-order chi connectivity index (χ0) is 13.8. The van der Waals surface area contributed by atoms with Gasteiger partial charge in [0.2, 0.25) is 0 Å². The summed E-state index contributed by atoms with van der Waals surface area (Å²) in [5.41, 5.74) is 1.56. The Morgan fingerprint density at radius 1 is 1.56 bits per heavy atom. The number of aryl methyl sites for hydroxylation is 2. The molecule has 0 fully saturated rings. The van der Waals surface area contributed by atoms with Crippen molar-refractivity contribution >= 4 is 17.5 Å². The van der Waals surface area contributed by atoms with Gasteiger partial charge in [-0.15, -0.1) is 11.6 Å². The number of aromatic nitrogens is 2. The molecule has 0 saturated carbocycles. The molecule has 1 rings (SSSR count). The Kier molecular flexibility index (Phi) is 5.20. The highest BCUT2D eigenvalue weighted by molar-refractivity contribution is 6.17. The van der Waals surface area contributed by atoms with Gasteiger partial charge in [0.15, 0.2) is 0 Å². The third-order valence-corrected chi connectivity index (χ3v) is 3.21. The van der Waals surface area contributed by atoms with Crippen molar-refractivity contribution in [3.8, 4) is 0 Å². The first-order valence-electron chi connectivity index (χ1n) is 6.26. The van der Waals surface area contributed by atoms with Gasteiger partial charge < -0.3 is 5.32 Å². The van der Waals surface area contributed by atoms with Gasteiger partial charge in [0, 0.05) is 19.5 Å². The lowest BCUT2D eigenvalue weighted by Crippen LogP contribution is -2.35. The first-order chi connectivity index (χ1) is 8.39. The highest BCUT2D eigenvalue weighted by Crippen LogP contribution is 2.19. The zero-order valence-corrected chi connectivity index (χ0v) is 12.3. The molecular weight excluding hydrogens is 250 g/mol. The van der Waals surface area contributed by atoms with Crippen LogP contribution < -0.4 is 5.32 Å². The van der Waals surface area contributed by atoms with Crippen molar-refractivity contribution in [3.05, 3.63) is 17.5 Å². The molecule has 0 radical (unpaired) electrons. The first kappa shape index (κ1) is 15.0. The minimum atomic E-state index is -0.0765. The van der Waals surface area contributed by atoms with Crippen molar-refractivity contribution in [1.82, 2.24) is 15.1 Å². The zero-order valence-electron chi connectivity index (χ0n) is 11.6. The molecule has 0 aliphatic heterocycles. The minimum absolute atomic E-state index is 0.0174. The van der Waals surface area contributed by atoms with Crippen LogP contribution in [-0.4, -0.2) is 28.1 Å². The van der Waals surface area contributed by atoms with Crippen LogP contribution in [0.15, 0.2) is 6.07 Å². The Bertz CT molecular complexity index is 412. The summed E-state index contributed by atoms with van der Waals surface area (Å²) in [5, 5.41) is 7.21. The summed E-state index contributed by atoms with van der Waals surface area (Å²) in [6.07, 6.45) is 1.71. The lowest BCUT2D eigenvalue weighted by Gasteiger charge is -2.23. The second-order valence-corrected chi connectivity index (χ2v) is 5.66.